The Morgan fingerprint density at radius 3 is 2.75 bits per heavy atom. The molecular formula is C15H14N2O2S. The molecule has 0 amide bonds. The summed E-state index contributed by atoms with van der Waals surface area (Å²) in [6.07, 6.45) is 1.67. The molecule has 2 rings (SSSR count). The first kappa shape index (κ1) is 14.0. The van der Waals surface area contributed by atoms with Crippen molar-refractivity contribution in [2.75, 3.05) is 19.5 Å². The number of benzene rings is 1. The van der Waals surface area contributed by atoms with E-state index >= 15 is 0 Å². The third-order valence-electron chi connectivity index (χ3n) is 2.73. The average Bonchev–Trinajstić information content (AvgIpc) is 3.02. The molecule has 0 atom stereocenters. The number of nitrogens with one attached hydrogen (secondary N) is 1. The minimum Gasteiger partial charge on any atom is -0.497 e. The Morgan fingerprint density at radius 2 is 2.15 bits per heavy atom. The molecule has 0 saturated heterocycles. The van der Waals surface area contributed by atoms with Gasteiger partial charge in [0.25, 0.3) is 0 Å². The van der Waals surface area contributed by atoms with Gasteiger partial charge < -0.3 is 14.8 Å². The highest BCUT2D eigenvalue weighted by atomic mass is 32.1. The van der Waals surface area contributed by atoms with Gasteiger partial charge in [-0.1, -0.05) is 0 Å². The van der Waals surface area contributed by atoms with Crippen molar-refractivity contribution in [3.63, 3.8) is 0 Å². The van der Waals surface area contributed by atoms with E-state index in [9.17, 15) is 5.26 Å². The minimum absolute atomic E-state index is 0.573. The maximum Gasteiger partial charge on any atom is 0.145 e. The van der Waals surface area contributed by atoms with Gasteiger partial charge in [0.05, 0.1) is 25.5 Å². The first-order valence-corrected chi connectivity index (χ1v) is 6.84. The molecule has 102 valence electrons. The Balaban J connectivity index is 2.24. The van der Waals surface area contributed by atoms with Crippen LogP contribution in [0.4, 0.5) is 5.69 Å². The summed E-state index contributed by atoms with van der Waals surface area (Å²) in [4.78, 5) is 0. The number of allylic oxidation sites excluding steroid dienone is 1. The standard InChI is InChI=1S/C15H14N2O2S/c1-18-13-3-4-14(15(7-13)19-2)17-9-12(8-16)11-5-6-20-10-11/h3-7,9-10,17H,1-2H3/b12-9+. The summed E-state index contributed by atoms with van der Waals surface area (Å²) in [5.74, 6) is 1.37. The zero-order valence-electron chi connectivity index (χ0n) is 11.2. The van der Waals surface area contributed by atoms with Crippen LogP contribution in [-0.2, 0) is 0 Å². The largest absolute Gasteiger partial charge is 0.497 e. The first-order chi connectivity index (χ1) is 9.78. The maximum atomic E-state index is 9.18. The number of rotatable bonds is 5. The number of nitriles is 1. The summed E-state index contributed by atoms with van der Waals surface area (Å²) < 4.78 is 10.4. The molecule has 0 aliphatic rings. The molecule has 0 saturated carbocycles. The van der Waals surface area contributed by atoms with Crippen molar-refractivity contribution in [3.05, 3.63) is 46.8 Å². The van der Waals surface area contributed by atoms with Gasteiger partial charge in [-0.3, -0.25) is 0 Å². The van der Waals surface area contributed by atoms with Crippen LogP contribution in [0.2, 0.25) is 0 Å². The number of nitrogens with zero attached hydrogens (tertiary/aromatic N) is 1. The van der Waals surface area contributed by atoms with Crippen LogP contribution in [0, 0.1) is 11.3 Å². The maximum absolute atomic E-state index is 9.18. The molecular weight excluding hydrogens is 272 g/mol. The van der Waals surface area contributed by atoms with Gasteiger partial charge in [0.1, 0.15) is 17.6 Å². The summed E-state index contributed by atoms with van der Waals surface area (Å²) in [6.45, 7) is 0. The molecule has 0 unspecified atom stereocenters. The molecule has 0 radical (unpaired) electrons. The molecule has 20 heavy (non-hydrogen) atoms. The Kier molecular flexibility index (Phi) is 4.64. The number of anilines is 1. The second kappa shape index (κ2) is 6.64. The third kappa shape index (κ3) is 3.11. The summed E-state index contributed by atoms with van der Waals surface area (Å²) in [5, 5.41) is 16.1. The van der Waals surface area contributed by atoms with E-state index in [1.165, 1.54) is 0 Å². The molecule has 0 aliphatic carbocycles. The second-order valence-corrected chi connectivity index (χ2v) is 4.67. The van der Waals surface area contributed by atoms with Crippen LogP contribution in [0.1, 0.15) is 5.56 Å². The highest BCUT2D eigenvalue weighted by Crippen LogP contribution is 2.29. The van der Waals surface area contributed by atoms with Gasteiger partial charge in [-0.2, -0.15) is 16.6 Å². The van der Waals surface area contributed by atoms with Crippen LogP contribution in [0.25, 0.3) is 5.57 Å². The molecule has 0 spiro atoms. The van der Waals surface area contributed by atoms with Crippen molar-refractivity contribution in [2.45, 2.75) is 0 Å². The molecule has 0 bridgehead atoms. The lowest BCUT2D eigenvalue weighted by Gasteiger charge is -2.10. The van der Waals surface area contributed by atoms with E-state index in [1.54, 1.807) is 37.8 Å². The highest BCUT2D eigenvalue weighted by Gasteiger charge is 2.05. The summed E-state index contributed by atoms with van der Waals surface area (Å²) in [5.41, 5.74) is 2.25. The molecule has 1 aromatic heterocycles. The lowest BCUT2D eigenvalue weighted by atomic mass is 10.2. The summed E-state index contributed by atoms with van der Waals surface area (Å²) in [6, 6.07) is 9.54. The number of thiophene rings is 1. The van der Waals surface area contributed by atoms with Gasteiger partial charge in [0.2, 0.25) is 0 Å². The Labute approximate surface area is 121 Å². The predicted octanol–water partition coefficient (Wildman–Crippen LogP) is 3.74. The van der Waals surface area contributed by atoms with E-state index in [1.807, 2.05) is 29.0 Å². The van der Waals surface area contributed by atoms with Crippen LogP contribution < -0.4 is 14.8 Å². The molecule has 1 N–H and O–H groups in total. The van der Waals surface area contributed by atoms with E-state index in [0.717, 1.165) is 17.0 Å². The fraction of sp³-hybridized carbons (Fsp3) is 0.133. The summed E-state index contributed by atoms with van der Waals surface area (Å²) in [7, 11) is 3.19. The molecule has 5 heteroatoms. The second-order valence-electron chi connectivity index (χ2n) is 3.89. The predicted molar refractivity (Wildman–Crippen MR) is 81.1 cm³/mol. The zero-order chi connectivity index (χ0) is 14.4. The number of hydrogen-bond acceptors (Lipinski definition) is 5. The van der Waals surface area contributed by atoms with E-state index in [0.29, 0.717) is 11.3 Å². The fourth-order valence-electron chi connectivity index (χ4n) is 1.67. The summed E-state index contributed by atoms with van der Waals surface area (Å²) >= 11 is 1.56. The van der Waals surface area contributed by atoms with Gasteiger partial charge in [0, 0.05) is 17.8 Å². The highest BCUT2D eigenvalue weighted by molar-refractivity contribution is 7.08. The van der Waals surface area contributed by atoms with Gasteiger partial charge in [-0.25, -0.2) is 0 Å². The van der Waals surface area contributed by atoms with Crippen molar-refractivity contribution < 1.29 is 9.47 Å². The van der Waals surface area contributed by atoms with Crippen molar-refractivity contribution in [2.24, 2.45) is 0 Å². The minimum atomic E-state index is 0.573. The van der Waals surface area contributed by atoms with Crippen LogP contribution >= 0.6 is 11.3 Å². The molecule has 0 aliphatic heterocycles. The molecule has 2 aromatic rings. The first-order valence-electron chi connectivity index (χ1n) is 5.90. The smallest absolute Gasteiger partial charge is 0.145 e. The van der Waals surface area contributed by atoms with Crippen molar-refractivity contribution in [1.82, 2.24) is 0 Å². The Morgan fingerprint density at radius 1 is 1.30 bits per heavy atom. The van der Waals surface area contributed by atoms with Gasteiger partial charge in [-0.05, 0) is 29.0 Å². The number of ether oxygens (including phenoxy) is 2. The zero-order valence-corrected chi connectivity index (χ0v) is 12.0. The molecule has 0 fully saturated rings. The van der Waals surface area contributed by atoms with Crippen LogP contribution in [-0.4, -0.2) is 14.2 Å². The normalized spacial score (nSPS) is 10.8. The SMILES string of the molecule is COc1ccc(N/C=C(\C#N)c2ccsc2)c(OC)c1. The Hall–Kier alpha value is -2.45. The van der Waals surface area contributed by atoms with Crippen molar-refractivity contribution in [1.29, 1.82) is 5.26 Å². The van der Waals surface area contributed by atoms with E-state index in [2.05, 4.69) is 11.4 Å². The fourth-order valence-corrected chi connectivity index (χ4v) is 2.32. The lowest BCUT2D eigenvalue weighted by molar-refractivity contribution is 0.395. The molecule has 1 aromatic carbocycles. The lowest BCUT2D eigenvalue weighted by Crippen LogP contribution is -1.95. The third-order valence-corrected chi connectivity index (χ3v) is 3.42. The molecule has 1 heterocycles. The van der Waals surface area contributed by atoms with Crippen LogP contribution in [0.3, 0.4) is 0 Å². The van der Waals surface area contributed by atoms with E-state index in [4.69, 9.17) is 9.47 Å². The van der Waals surface area contributed by atoms with Gasteiger partial charge >= 0.3 is 0 Å². The van der Waals surface area contributed by atoms with Crippen LogP contribution in [0.5, 0.6) is 11.5 Å². The van der Waals surface area contributed by atoms with Crippen molar-refractivity contribution >= 4 is 22.6 Å². The van der Waals surface area contributed by atoms with Crippen LogP contribution in [0.15, 0.2) is 41.2 Å². The topological polar surface area (TPSA) is 54.3 Å². The van der Waals surface area contributed by atoms with E-state index < -0.39 is 0 Å². The average molecular weight is 286 g/mol. The van der Waals surface area contributed by atoms with Gasteiger partial charge in [0.15, 0.2) is 0 Å². The monoisotopic (exact) mass is 286 g/mol. The number of hydrogen-bond donors (Lipinski definition) is 1. The molecule has 4 nitrogen and oxygen atoms in total. The quantitative estimate of drug-likeness (QED) is 0.851. The van der Waals surface area contributed by atoms with E-state index in [-0.39, 0.29) is 0 Å². The Bertz CT molecular complexity index is 642. The number of methoxy groups -OCH3 is 2. The van der Waals surface area contributed by atoms with Gasteiger partial charge in [-0.15, -0.1) is 0 Å². The van der Waals surface area contributed by atoms with Crippen molar-refractivity contribution in [3.8, 4) is 17.6 Å².